The smallest absolute Gasteiger partial charge is 0.317 e. The van der Waals surface area contributed by atoms with Gasteiger partial charge in [-0.2, -0.15) is 0 Å². The summed E-state index contributed by atoms with van der Waals surface area (Å²) in [6, 6.07) is 5.19. The Bertz CT molecular complexity index is 510. The van der Waals surface area contributed by atoms with Gasteiger partial charge in [0.05, 0.1) is 6.10 Å². The summed E-state index contributed by atoms with van der Waals surface area (Å²) < 4.78 is 0. The quantitative estimate of drug-likeness (QED) is 0.894. The Balaban J connectivity index is 1.88. The first kappa shape index (κ1) is 16.4. The van der Waals surface area contributed by atoms with E-state index in [0.29, 0.717) is 29.6 Å². The Morgan fingerprint density at radius 3 is 2.95 bits per heavy atom. The van der Waals surface area contributed by atoms with E-state index < -0.39 is 6.10 Å². The van der Waals surface area contributed by atoms with Gasteiger partial charge in [0, 0.05) is 29.2 Å². The van der Waals surface area contributed by atoms with E-state index in [2.05, 4.69) is 5.32 Å². The SMILES string of the molecule is CC(Cc1ccc(Cl)cc1Cl)NC(=O)N1CCCC(O)C1. The number of nitrogens with one attached hydrogen (secondary N) is 1. The van der Waals surface area contributed by atoms with Crippen LogP contribution in [0.3, 0.4) is 0 Å². The Morgan fingerprint density at radius 1 is 1.52 bits per heavy atom. The molecule has 4 nitrogen and oxygen atoms in total. The summed E-state index contributed by atoms with van der Waals surface area (Å²) in [5, 5.41) is 13.8. The summed E-state index contributed by atoms with van der Waals surface area (Å²) in [6.07, 6.45) is 1.83. The molecule has 2 atom stereocenters. The molecule has 0 aromatic heterocycles. The van der Waals surface area contributed by atoms with Gasteiger partial charge in [-0.25, -0.2) is 4.79 Å². The molecule has 1 saturated heterocycles. The number of carbonyl (C=O) groups excluding carboxylic acids is 1. The molecule has 0 aliphatic carbocycles. The van der Waals surface area contributed by atoms with Crippen LogP contribution in [0.15, 0.2) is 18.2 Å². The van der Waals surface area contributed by atoms with Gasteiger partial charge < -0.3 is 15.3 Å². The number of benzene rings is 1. The van der Waals surface area contributed by atoms with E-state index in [1.807, 2.05) is 13.0 Å². The minimum absolute atomic E-state index is 0.0461. The molecule has 2 N–H and O–H groups in total. The van der Waals surface area contributed by atoms with Crippen molar-refractivity contribution < 1.29 is 9.90 Å². The van der Waals surface area contributed by atoms with Crippen LogP contribution in [0.5, 0.6) is 0 Å². The molecular weight excluding hydrogens is 311 g/mol. The maximum Gasteiger partial charge on any atom is 0.317 e. The summed E-state index contributed by atoms with van der Waals surface area (Å²) in [4.78, 5) is 13.8. The predicted molar refractivity (Wildman–Crippen MR) is 85.0 cm³/mol. The number of rotatable bonds is 3. The second-order valence-corrected chi connectivity index (χ2v) is 6.38. The van der Waals surface area contributed by atoms with Crippen LogP contribution in [0, 0.1) is 0 Å². The van der Waals surface area contributed by atoms with Gasteiger partial charge in [-0.05, 0) is 43.9 Å². The Hall–Kier alpha value is -0.970. The molecule has 1 aliphatic heterocycles. The first-order valence-corrected chi connectivity index (χ1v) is 7.88. The van der Waals surface area contributed by atoms with E-state index in [1.165, 1.54) is 0 Å². The zero-order valence-electron chi connectivity index (χ0n) is 12.0. The third kappa shape index (κ3) is 4.77. The highest BCUT2D eigenvalue weighted by molar-refractivity contribution is 6.35. The first-order chi connectivity index (χ1) is 9.95. The fourth-order valence-corrected chi connectivity index (χ4v) is 3.00. The van der Waals surface area contributed by atoms with Crippen molar-refractivity contribution in [1.82, 2.24) is 10.2 Å². The maximum absolute atomic E-state index is 12.1. The normalized spacial score (nSPS) is 20.2. The van der Waals surface area contributed by atoms with Crippen molar-refractivity contribution in [1.29, 1.82) is 0 Å². The lowest BCUT2D eigenvalue weighted by Gasteiger charge is -2.31. The van der Waals surface area contributed by atoms with Crippen LogP contribution in [-0.2, 0) is 6.42 Å². The lowest BCUT2D eigenvalue weighted by Crippen LogP contribution is -2.49. The Morgan fingerprint density at radius 2 is 2.29 bits per heavy atom. The van der Waals surface area contributed by atoms with Crippen LogP contribution in [0.2, 0.25) is 10.0 Å². The molecule has 1 aromatic carbocycles. The van der Waals surface area contributed by atoms with Gasteiger partial charge in [-0.1, -0.05) is 29.3 Å². The highest BCUT2D eigenvalue weighted by Crippen LogP contribution is 2.22. The van der Waals surface area contributed by atoms with Gasteiger partial charge >= 0.3 is 6.03 Å². The number of nitrogens with zero attached hydrogens (tertiary/aromatic N) is 1. The lowest BCUT2D eigenvalue weighted by molar-refractivity contribution is 0.0835. The first-order valence-electron chi connectivity index (χ1n) is 7.13. The molecule has 1 aromatic rings. The average Bonchev–Trinajstić information content (AvgIpc) is 2.42. The zero-order valence-corrected chi connectivity index (χ0v) is 13.5. The van der Waals surface area contributed by atoms with Gasteiger partial charge in [0.1, 0.15) is 0 Å². The molecule has 116 valence electrons. The Kier molecular flexibility index (Phi) is 5.73. The third-order valence-electron chi connectivity index (χ3n) is 3.59. The minimum atomic E-state index is -0.412. The van der Waals surface area contributed by atoms with E-state index in [-0.39, 0.29) is 12.1 Å². The predicted octanol–water partition coefficient (Wildman–Crippen LogP) is 3.09. The van der Waals surface area contributed by atoms with Crippen molar-refractivity contribution in [3.8, 4) is 0 Å². The molecular formula is C15H20Cl2N2O2. The van der Waals surface area contributed by atoms with Crippen LogP contribution < -0.4 is 5.32 Å². The lowest BCUT2D eigenvalue weighted by atomic mass is 10.1. The van der Waals surface area contributed by atoms with Crippen molar-refractivity contribution >= 4 is 29.2 Å². The molecule has 0 bridgehead atoms. The zero-order chi connectivity index (χ0) is 15.4. The Labute approximate surface area is 135 Å². The fraction of sp³-hybridized carbons (Fsp3) is 0.533. The molecule has 0 saturated carbocycles. The standard InChI is InChI=1S/C15H20Cl2N2O2/c1-10(7-11-4-5-12(16)8-14(11)17)18-15(21)19-6-2-3-13(20)9-19/h4-5,8,10,13,20H,2-3,6-7,9H2,1H3,(H,18,21). The molecule has 2 amide bonds. The number of amides is 2. The topological polar surface area (TPSA) is 52.6 Å². The molecule has 6 heteroatoms. The molecule has 1 aliphatic rings. The van der Waals surface area contributed by atoms with E-state index in [1.54, 1.807) is 17.0 Å². The van der Waals surface area contributed by atoms with Gasteiger partial charge in [0.25, 0.3) is 0 Å². The van der Waals surface area contributed by atoms with Crippen molar-refractivity contribution in [3.05, 3.63) is 33.8 Å². The van der Waals surface area contributed by atoms with Gasteiger partial charge in [-0.15, -0.1) is 0 Å². The summed E-state index contributed by atoms with van der Waals surface area (Å²) in [7, 11) is 0. The van der Waals surface area contributed by atoms with E-state index in [9.17, 15) is 9.90 Å². The van der Waals surface area contributed by atoms with Crippen molar-refractivity contribution in [2.75, 3.05) is 13.1 Å². The van der Waals surface area contributed by atoms with Gasteiger partial charge in [-0.3, -0.25) is 0 Å². The number of aliphatic hydroxyl groups is 1. The maximum atomic E-state index is 12.1. The van der Waals surface area contributed by atoms with Crippen LogP contribution in [0.4, 0.5) is 4.79 Å². The third-order valence-corrected chi connectivity index (χ3v) is 4.18. The van der Waals surface area contributed by atoms with E-state index in [4.69, 9.17) is 23.2 Å². The number of likely N-dealkylation sites (tertiary alicyclic amines) is 1. The van der Waals surface area contributed by atoms with Crippen molar-refractivity contribution in [2.24, 2.45) is 0 Å². The van der Waals surface area contributed by atoms with Crippen LogP contribution >= 0.6 is 23.2 Å². The highest BCUT2D eigenvalue weighted by Gasteiger charge is 2.23. The number of carbonyl (C=O) groups is 1. The molecule has 1 fully saturated rings. The summed E-state index contributed by atoms with van der Waals surface area (Å²) >= 11 is 12.0. The van der Waals surface area contributed by atoms with Crippen LogP contribution in [0.1, 0.15) is 25.3 Å². The number of hydrogen-bond donors (Lipinski definition) is 2. The van der Waals surface area contributed by atoms with Gasteiger partial charge in [0.2, 0.25) is 0 Å². The number of aliphatic hydroxyl groups excluding tert-OH is 1. The monoisotopic (exact) mass is 330 g/mol. The molecule has 2 unspecified atom stereocenters. The number of halogens is 2. The second-order valence-electron chi connectivity index (χ2n) is 5.53. The van der Waals surface area contributed by atoms with Crippen LogP contribution in [-0.4, -0.2) is 41.3 Å². The summed E-state index contributed by atoms with van der Waals surface area (Å²) in [5.74, 6) is 0. The molecule has 21 heavy (non-hydrogen) atoms. The number of β-amino-alcohol motifs (C(OH)–C–C–N with tert-alkyl or cyclic N) is 1. The summed E-state index contributed by atoms with van der Waals surface area (Å²) in [6.45, 7) is 3.03. The average molecular weight is 331 g/mol. The molecule has 0 radical (unpaired) electrons. The highest BCUT2D eigenvalue weighted by atomic mass is 35.5. The molecule has 0 spiro atoms. The van der Waals surface area contributed by atoms with E-state index in [0.717, 1.165) is 18.4 Å². The second kappa shape index (κ2) is 7.34. The molecule has 1 heterocycles. The van der Waals surface area contributed by atoms with Crippen LogP contribution in [0.25, 0.3) is 0 Å². The number of piperidine rings is 1. The number of urea groups is 1. The van der Waals surface area contributed by atoms with E-state index >= 15 is 0 Å². The fourth-order valence-electron chi connectivity index (χ4n) is 2.51. The minimum Gasteiger partial charge on any atom is -0.391 e. The van der Waals surface area contributed by atoms with Crippen molar-refractivity contribution in [3.63, 3.8) is 0 Å². The van der Waals surface area contributed by atoms with Gasteiger partial charge in [0.15, 0.2) is 0 Å². The molecule has 2 rings (SSSR count). The summed E-state index contributed by atoms with van der Waals surface area (Å²) in [5.41, 5.74) is 0.951. The number of hydrogen-bond acceptors (Lipinski definition) is 2. The van der Waals surface area contributed by atoms with Crippen molar-refractivity contribution in [2.45, 2.75) is 38.3 Å². The largest absolute Gasteiger partial charge is 0.391 e.